The molecule has 1 fully saturated rings. The van der Waals surface area contributed by atoms with Crippen LogP contribution in [0.1, 0.15) is 63.2 Å². The topological polar surface area (TPSA) is 306 Å². The van der Waals surface area contributed by atoms with Crippen LogP contribution in [0.25, 0.3) is 11.0 Å². The molecule has 2 aromatic heterocycles. The Morgan fingerprint density at radius 1 is 0.981 bits per heavy atom. The molecule has 5 unspecified atom stereocenters. The Bertz CT molecular complexity index is 1660. The largest absolute Gasteiger partial charge is 0.481 e. The lowest BCUT2D eigenvalue weighted by Gasteiger charge is -2.19. The van der Waals surface area contributed by atoms with Gasteiger partial charge in [-0.3, -0.25) is 24.0 Å². The van der Waals surface area contributed by atoms with Crippen molar-refractivity contribution < 1.29 is 59.0 Å². The third-order valence-electron chi connectivity index (χ3n) is 7.56. The molecule has 0 aromatic carbocycles. The molecule has 1 saturated heterocycles. The molecule has 0 saturated carbocycles. The number of carboxylic acids is 3. The van der Waals surface area contributed by atoms with Crippen LogP contribution in [0.5, 0.6) is 0 Å². The molecule has 0 radical (unpaired) electrons. The van der Waals surface area contributed by atoms with Gasteiger partial charge in [0.05, 0.1) is 42.5 Å². The highest BCUT2D eigenvalue weighted by molar-refractivity contribution is 8.76. The van der Waals surface area contributed by atoms with Crippen molar-refractivity contribution in [2.45, 2.75) is 81.9 Å². The molecule has 10 N–H and O–H groups in total. The highest BCUT2D eigenvalue weighted by Gasteiger charge is 2.35. The number of nitrogens with two attached hydrogens (primary N) is 1. The number of amides is 3. The summed E-state index contributed by atoms with van der Waals surface area (Å²) in [5.74, 6) is 0.799. The molecule has 3 rings (SSSR count). The molecule has 0 spiro atoms. The van der Waals surface area contributed by atoms with E-state index in [1.807, 2.05) is 5.32 Å². The standard InChI is InChI=1S/C31H41N7O12S2/c32-28-27-17(15-38(29(27)35-16-34-28)24-14-20(40)21(50-24)6-9-39)4-3-8-33-22(41)7-11-52-51-10-2-1-5-23(42)36-18(12-25(43)44)30(47)37-19(31(48)49)13-26(45)46/h15-16,18-21,24,39-40H,1-2,5-14H2,(H,33,41)(H,36,42)(H,37,47)(H,43,44)(H,45,46)(H,48,49)(H2,32,34,35). The van der Waals surface area contributed by atoms with Crippen molar-refractivity contribution in [3.05, 3.63) is 18.1 Å². The minimum absolute atomic E-state index is 0.0295. The monoisotopic (exact) mass is 767 g/mol. The molecular weight excluding hydrogens is 727 g/mol. The molecule has 3 heterocycles. The summed E-state index contributed by atoms with van der Waals surface area (Å²) in [7, 11) is 2.97. The summed E-state index contributed by atoms with van der Waals surface area (Å²) < 4.78 is 7.66. The Labute approximate surface area is 305 Å². The number of hydrogen-bond acceptors (Lipinski definition) is 14. The van der Waals surface area contributed by atoms with Crippen molar-refractivity contribution in [2.24, 2.45) is 0 Å². The Hall–Kier alpha value is -4.62. The van der Waals surface area contributed by atoms with Crippen LogP contribution in [0.4, 0.5) is 5.82 Å². The summed E-state index contributed by atoms with van der Waals surface area (Å²) in [6.07, 6.45) is 1.30. The zero-order valence-corrected chi connectivity index (χ0v) is 29.5. The number of anilines is 1. The van der Waals surface area contributed by atoms with Gasteiger partial charge < -0.3 is 56.5 Å². The number of nitrogens with one attached hydrogen (secondary N) is 3. The Morgan fingerprint density at radius 3 is 2.38 bits per heavy atom. The number of aliphatic carboxylic acids is 3. The number of carbonyl (C=O) groups excluding carboxylic acids is 3. The molecule has 19 nitrogen and oxygen atoms in total. The molecule has 21 heteroatoms. The zero-order chi connectivity index (χ0) is 38.2. The van der Waals surface area contributed by atoms with E-state index >= 15 is 0 Å². The highest BCUT2D eigenvalue weighted by atomic mass is 33.1. The van der Waals surface area contributed by atoms with E-state index in [2.05, 4.69) is 32.4 Å². The van der Waals surface area contributed by atoms with E-state index in [4.69, 9.17) is 25.8 Å². The van der Waals surface area contributed by atoms with Gasteiger partial charge in [0, 0.05) is 43.6 Å². The summed E-state index contributed by atoms with van der Waals surface area (Å²) in [5, 5.41) is 54.0. The normalized spacial score (nSPS) is 17.8. The predicted molar refractivity (Wildman–Crippen MR) is 187 cm³/mol. The van der Waals surface area contributed by atoms with Crippen LogP contribution >= 0.6 is 21.6 Å². The molecule has 52 heavy (non-hydrogen) atoms. The first-order valence-corrected chi connectivity index (χ1v) is 18.6. The first-order chi connectivity index (χ1) is 24.8. The average molecular weight is 768 g/mol. The molecule has 3 amide bonds. The smallest absolute Gasteiger partial charge is 0.326 e. The van der Waals surface area contributed by atoms with Crippen molar-refractivity contribution in [1.29, 1.82) is 0 Å². The molecule has 2 aromatic rings. The van der Waals surface area contributed by atoms with Crippen LogP contribution in [0, 0.1) is 11.8 Å². The van der Waals surface area contributed by atoms with Gasteiger partial charge in [-0.1, -0.05) is 33.4 Å². The first kappa shape index (κ1) is 41.8. The van der Waals surface area contributed by atoms with E-state index in [1.54, 1.807) is 10.8 Å². The Morgan fingerprint density at radius 2 is 1.69 bits per heavy atom. The second kappa shape index (κ2) is 21.0. The fourth-order valence-corrected chi connectivity index (χ4v) is 7.20. The van der Waals surface area contributed by atoms with Gasteiger partial charge in [-0.25, -0.2) is 14.8 Å². The summed E-state index contributed by atoms with van der Waals surface area (Å²) in [5.41, 5.74) is 7.12. The lowest BCUT2D eigenvalue weighted by Crippen LogP contribution is -2.52. The van der Waals surface area contributed by atoms with Crippen molar-refractivity contribution in [2.75, 3.05) is 30.4 Å². The number of aliphatic hydroxyl groups is 2. The quantitative estimate of drug-likeness (QED) is 0.0437. The molecule has 1 aliphatic rings. The highest BCUT2D eigenvalue weighted by Crippen LogP contribution is 2.35. The van der Waals surface area contributed by atoms with Gasteiger partial charge >= 0.3 is 17.9 Å². The SMILES string of the molecule is Nc1ncnc2c1c(C#CCNC(=O)CCSSCCCCC(=O)NC(CC(=O)O)C(=O)NC(CC(=O)O)C(=O)O)cn2C1CC(O)C(CCO)O1. The number of unbranched alkanes of at least 4 members (excludes halogenated alkanes) is 1. The van der Waals surface area contributed by atoms with Crippen molar-refractivity contribution in [3.63, 3.8) is 0 Å². The van der Waals surface area contributed by atoms with Crippen LogP contribution in [-0.4, -0.2) is 125 Å². The number of aromatic nitrogens is 3. The molecule has 1 aliphatic heterocycles. The number of hydrogen-bond donors (Lipinski definition) is 9. The van der Waals surface area contributed by atoms with Crippen molar-refractivity contribution >= 4 is 74.1 Å². The number of nitrogen functional groups attached to an aromatic ring is 1. The third kappa shape index (κ3) is 13.2. The summed E-state index contributed by atoms with van der Waals surface area (Å²) in [4.78, 5) is 78.6. The summed E-state index contributed by atoms with van der Waals surface area (Å²) >= 11 is 0. The summed E-state index contributed by atoms with van der Waals surface area (Å²) in [6, 6.07) is -3.38. The number of aliphatic hydroxyl groups excluding tert-OH is 2. The predicted octanol–water partition coefficient (Wildman–Crippen LogP) is -0.543. The maximum Gasteiger partial charge on any atom is 0.326 e. The van der Waals surface area contributed by atoms with Gasteiger partial charge in [-0.2, -0.15) is 0 Å². The fraction of sp³-hybridized carbons (Fsp3) is 0.548. The van der Waals surface area contributed by atoms with E-state index in [1.165, 1.54) is 27.9 Å². The molecule has 0 aliphatic carbocycles. The minimum atomic E-state index is -1.79. The van der Waals surface area contributed by atoms with E-state index in [9.17, 15) is 39.0 Å². The fourth-order valence-electron chi connectivity index (χ4n) is 5.06. The maximum atomic E-state index is 12.4. The van der Waals surface area contributed by atoms with E-state index < -0.39 is 73.1 Å². The Kier molecular flexibility index (Phi) is 16.9. The second-order valence-corrected chi connectivity index (χ2v) is 14.2. The molecular formula is C31H41N7O12S2. The number of rotatable bonds is 21. The number of carbonyl (C=O) groups is 6. The molecule has 284 valence electrons. The first-order valence-electron chi connectivity index (χ1n) is 16.1. The van der Waals surface area contributed by atoms with E-state index in [0.29, 0.717) is 53.8 Å². The van der Waals surface area contributed by atoms with Gasteiger partial charge in [0.2, 0.25) is 17.7 Å². The van der Waals surface area contributed by atoms with E-state index in [-0.39, 0.29) is 37.7 Å². The zero-order valence-electron chi connectivity index (χ0n) is 27.9. The average Bonchev–Trinajstić information content (AvgIpc) is 3.63. The third-order valence-corrected chi connectivity index (χ3v) is 10.1. The van der Waals surface area contributed by atoms with Gasteiger partial charge in [0.25, 0.3) is 0 Å². The van der Waals surface area contributed by atoms with Gasteiger partial charge in [0.1, 0.15) is 36.1 Å². The minimum Gasteiger partial charge on any atom is -0.481 e. The van der Waals surface area contributed by atoms with Crippen LogP contribution in [0.2, 0.25) is 0 Å². The number of carboxylic acid groups (broad SMARTS) is 3. The summed E-state index contributed by atoms with van der Waals surface area (Å²) in [6.45, 7) is -0.0419. The van der Waals surface area contributed by atoms with Crippen LogP contribution in [-0.2, 0) is 33.5 Å². The van der Waals surface area contributed by atoms with Crippen LogP contribution in [0.3, 0.4) is 0 Å². The number of ether oxygens (including phenoxy) is 1. The number of fused-ring (bicyclic) bond motifs is 1. The lowest BCUT2D eigenvalue weighted by molar-refractivity contribution is -0.148. The van der Waals surface area contributed by atoms with Gasteiger partial charge in [0.15, 0.2) is 0 Å². The molecule has 5 atom stereocenters. The van der Waals surface area contributed by atoms with Crippen molar-refractivity contribution in [3.8, 4) is 11.8 Å². The van der Waals surface area contributed by atoms with Crippen LogP contribution < -0.4 is 21.7 Å². The number of nitrogens with zero attached hydrogens (tertiary/aromatic N) is 3. The van der Waals surface area contributed by atoms with Crippen molar-refractivity contribution in [1.82, 2.24) is 30.5 Å². The second-order valence-electron chi connectivity index (χ2n) is 11.5. The van der Waals surface area contributed by atoms with Gasteiger partial charge in [-0.15, -0.1) is 0 Å². The van der Waals surface area contributed by atoms with E-state index in [0.717, 1.165) is 0 Å². The lowest BCUT2D eigenvalue weighted by atomic mass is 10.1. The Balaban J connectivity index is 1.35. The maximum absolute atomic E-state index is 12.4. The molecule has 0 bridgehead atoms. The van der Waals surface area contributed by atoms with Gasteiger partial charge in [-0.05, 0) is 19.3 Å². The van der Waals surface area contributed by atoms with Crippen LogP contribution in [0.15, 0.2) is 12.5 Å².